The van der Waals surface area contributed by atoms with E-state index in [1.165, 1.54) is 30.5 Å². The zero-order chi connectivity index (χ0) is 11.8. The van der Waals surface area contributed by atoms with Crippen LogP contribution in [-0.4, -0.2) is 23.1 Å². The number of pyridine rings is 1. The summed E-state index contributed by atoms with van der Waals surface area (Å²) in [5.74, 6) is 0. The van der Waals surface area contributed by atoms with Crippen molar-refractivity contribution in [3.63, 3.8) is 0 Å². The van der Waals surface area contributed by atoms with Gasteiger partial charge in [-0.2, -0.15) is 0 Å². The molecule has 1 aromatic rings. The first-order valence-electron chi connectivity index (χ1n) is 6.69. The Morgan fingerprint density at radius 3 is 2.59 bits per heavy atom. The normalized spacial score (nSPS) is 32.6. The molecule has 2 bridgehead atoms. The number of anilines is 1. The van der Waals surface area contributed by atoms with E-state index in [2.05, 4.69) is 22.9 Å². The number of rotatable bonds is 1. The van der Waals surface area contributed by atoms with Crippen molar-refractivity contribution in [1.29, 1.82) is 0 Å². The van der Waals surface area contributed by atoms with E-state index < -0.39 is 0 Å². The number of nitrogens with zero attached hydrogens (tertiary/aromatic N) is 2. The van der Waals surface area contributed by atoms with Gasteiger partial charge in [-0.05, 0) is 50.7 Å². The van der Waals surface area contributed by atoms with Gasteiger partial charge in [0.05, 0.1) is 11.9 Å². The van der Waals surface area contributed by atoms with Crippen LogP contribution < -0.4 is 10.6 Å². The maximum absolute atomic E-state index is 6.15. The molecule has 1 aromatic heterocycles. The van der Waals surface area contributed by atoms with E-state index in [1.807, 2.05) is 12.4 Å². The van der Waals surface area contributed by atoms with Crippen molar-refractivity contribution in [2.45, 2.75) is 57.2 Å². The highest BCUT2D eigenvalue weighted by atomic mass is 15.2. The van der Waals surface area contributed by atoms with Crippen molar-refractivity contribution in [3.8, 4) is 0 Å². The zero-order valence-corrected chi connectivity index (χ0v) is 10.5. The molecule has 2 unspecified atom stereocenters. The number of nitrogens with two attached hydrogens (primary N) is 1. The van der Waals surface area contributed by atoms with Gasteiger partial charge < -0.3 is 10.6 Å². The topological polar surface area (TPSA) is 42.2 Å². The molecule has 2 aliphatic heterocycles. The largest absolute Gasteiger partial charge is 0.364 e. The molecule has 0 amide bonds. The molecule has 3 nitrogen and oxygen atoms in total. The van der Waals surface area contributed by atoms with Gasteiger partial charge in [0.15, 0.2) is 0 Å². The summed E-state index contributed by atoms with van der Waals surface area (Å²) in [4.78, 5) is 6.92. The summed E-state index contributed by atoms with van der Waals surface area (Å²) in [5, 5.41) is 0. The molecule has 92 valence electrons. The highest BCUT2D eigenvalue weighted by Crippen LogP contribution is 2.37. The fourth-order valence-electron chi connectivity index (χ4n) is 3.53. The van der Waals surface area contributed by atoms with Crippen LogP contribution in [0.3, 0.4) is 0 Å². The minimum absolute atomic E-state index is 0.402. The molecule has 2 saturated heterocycles. The molecular weight excluding hydrogens is 210 g/mol. The number of hydrogen-bond acceptors (Lipinski definition) is 3. The van der Waals surface area contributed by atoms with Crippen LogP contribution in [0.1, 0.15) is 37.7 Å². The molecule has 0 radical (unpaired) electrons. The summed E-state index contributed by atoms with van der Waals surface area (Å²) in [6, 6.07) is 3.94. The monoisotopic (exact) mass is 231 g/mol. The lowest BCUT2D eigenvalue weighted by atomic mass is 9.82. The summed E-state index contributed by atoms with van der Waals surface area (Å²) in [5.41, 5.74) is 8.70. The van der Waals surface area contributed by atoms with Gasteiger partial charge in [-0.15, -0.1) is 0 Å². The van der Waals surface area contributed by atoms with Gasteiger partial charge in [0.25, 0.3) is 0 Å². The maximum atomic E-state index is 6.15. The summed E-state index contributed by atoms with van der Waals surface area (Å²) in [6.45, 7) is 2.11. The van der Waals surface area contributed by atoms with Crippen LogP contribution in [0.25, 0.3) is 0 Å². The SMILES string of the molecule is Cc1cncc(N2C3CCCC2CC(N)C3)c1. The van der Waals surface area contributed by atoms with Crippen LogP contribution in [-0.2, 0) is 0 Å². The fraction of sp³-hybridized carbons (Fsp3) is 0.643. The van der Waals surface area contributed by atoms with E-state index >= 15 is 0 Å². The first-order chi connectivity index (χ1) is 8.24. The van der Waals surface area contributed by atoms with Gasteiger partial charge in [-0.3, -0.25) is 4.98 Å². The van der Waals surface area contributed by atoms with E-state index in [1.54, 1.807) is 0 Å². The van der Waals surface area contributed by atoms with Crippen LogP contribution in [0.15, 0.2) is 18.5 Å². The van der Waals surface area contributed by atoms with E-state index in [0.717, 1.165) is 12.8 Å². The molecule has 17 heavy (non-hydrogen) atoms. The Kier molecular flexibility index (Phi) is 2.79. The van der Waals surface area contributed by atoms with Crippen molar-refractivity contribution in [2.75, 3.05) is 4.90 Å². The quantitative estimate of drug-likeness (QED) is 0.806. The molecule has 3 heterocycles. The van der Waals surface area contributed by atoms with Crippen molar-refractivity contribution in [1.82, 2.24) is 4.98 Å². The molecule has 0 aliphatic carbocycles. The van der Waals surface area contributed by atoms with E-state index in [9.17, 15) is 0 Å². The molecular formula is C14H21N3. The standard InChI is InChI=1S/C14H21N3/c1-10-5-14(9-16-8-10)17-12-3-2-4-13(17)7-11(15)6-12/h5,8-9,11-13H,2-4,6-7,15H2,1H3. The van der Waals surface area contributed by atoms with E-state index in [0.29, 0.717) is 18.1 Å². The predicted molar refractivity (Wildman–Crippen MR) is 70.1 cm³/mol. The average molecular weight is 231 g/mol. The molecule has 0 saturated carbocycles. The molecule has 2 aliphatic rings. The number of piperidine rings is 2. The number of hydrogen-bond donors (Lipinski definition) is 1. The first kappa shape index (κ1) is 11.0. The Morgan fingerprint density at radius 2 is 1.94 bits per heavy atom. The molecule has 0 aromatic carbocycles. The molecule has 2 N–H and O–H groups in total. The molecule has 2 fully saturated rings. The van der Waals surface area contributed by atoms with Gasteiger partial charge in [-0.25, -0.2) is 0 Å². The lowest BCUT2D eigenvalue weighted by Crippen LogP contribution is -2.55. The fourth-order valence-corrected chi connectivity index (χ4v) is 3.53. The number of fused-ring (bicyclic) bond motifs is 2. The average Bonchev–Trinajstić information content (AvgIpc) is 2.27. The third-order valence-corrected chi connectivity index (χ3v) is 4.17. The van der Waals surface area contributed by atoms with E-state index in [4.69, 9.17) is 5.73 Å². The minimum Gasteiger partial charge on any atom is -0.364 e. The van der Waals surface area contributed by atoms with E-state index in [-0.39, 0.29) is 0 Å². The Hall–Kier alpha value is -1.09. The number of aryl methyl sites for hydroxylation is 1. The van der Waals surface area contributed by atoms with Crippen molar-refractivity contribution < 1.29 is 0 Å². The van der Waals surface area contributed by atoms with Crippen molar-refractivity contribution >= 4 is 5.69 Å². The van der Waals surface area contributed by atoms with Gasteiger partial charge in [0.1, 0.15) is 0 Å². The van der Waals surface area contributed by atoms with Crippen molar-refractivity contribution in [2.24, 2.45) is 5.73 Å². The smallest absolute Gasteiger partial charge is 0.0560 e. The second-order valence-corrected chi connectivity index (χ2v) is 5.60. The van der Waals surface area contributed by atoms with Crippen LogP contribution in [0.4, 0.5) is 5.69 Å². The summed E-state index contributed by atoms with van der Waals surface area (Å²) < 4.78 is 0. The highest BCUT2D eigenvalue weighted by molar-refractivity contribution is 5.49. The van der Waals surface area contributed by atoms with Crippen molar-refractivity contribution in [3.05, 3.63) is 24.0 Å². The summed E-state index contributed by atoms with van der Waals surface area (Å²) >= 11 is 0. The Balaban J connectivity index is 1.91. The third-order valence-electron chi connectivity index (χ3n) is 4.17. The van der Waals surface area contributed by atoms with Gasteiger partial charge in [0, 0.05) is 24.3 Å². The van der Waals surface area contributed by atoms with Gasteiger partial charge in [0.2, 0.25) is 0 Å². The Labute approximate surface area is 103 Å². The first-order valence-corrected chi connectivity index (χ1v) is 6.69. The second-order valence-electron chi connectivity index (χ2n) is 5.60. The molecule has 3 rings (SSSR count). The maximum Gasteiger partial charge on any atom is 0.0560 e. The Morgan fingerprint density at radius 1 is 1.24 bits per heavy atom. The lowest BCUT2D eigenvalue weighted by molar-refractivity contribution is 0.271. The summed E-state index contributed by atoms with van der Waals surface area (Å²) in [7, 11) is 0. The third kappa shape index (κ3) is 2.04. The molecule has 2 atom stereocenters. The molecule has 0 spiro atoms. The van der Waals surface area contributed by atoms with Gasteiger partial charge >= 0.3 is 0 Å². The molecule has 3 heteroatoms. The second kappa shape index (κ2) is 4.30. The Bertz CT molecular complexity index is 390. The van der Waals surface area contributed by atoms with Crippen LogP contribution in [0, 0.1) is 6.92 Å². The minimum atomic E-state index is 0.402. The lowest BCUT2D eigenvalue weighted by Gasteiger charge is -2.49. The summed E-state index contributed by atoms with van der Waals surface area (Å²) in [6.07, 6.45) is 10.2. The van der Waals surface area contributed by atoms with Crippen LogP contribution in [0.2, 0.25) is 0 Å². The number of aromatic nitrogens is 1. The highest BCUT2D eigenvalue weighted by Gasteiger charge is 2.37. The predicted octanol–water partition coefficient (Wildman–Crippen LogP) is 2.24. The van der Waals surface area contributed by atoms with Gasteiger partial charge in [-0.1, -0.05) is 0 Å². The van der Waals surface area contributed by atoms with Crippen LogP contribution >= 0.6 is 0 Å². The zero-order valence-electron chi connectivity index (χ0n) is 10.5. The van der Waals surface area contributed by atoms with Crippen LogP contribution in [0.5, 0.6) is 0 Å².